The molecule has 0 bridgehead atoms. The zero-order chi connectivity index (χ0) is 23.3. The Hall–Kier alpha value is -2.20. The molecule has 1 atom stereocenters. The zero-order valence-corrected chi connectivity index (χ0v) is 20.1. The molecular formula is C24H23ClN2O4S2. The third-order valence-corrected chi connectivity index (χ3v) is 8.40. The van der Waals surface area contributed by atoms with Crippen LogP contribution in [0.3, 0.4) is 0 Å². The van der Waals surface area contributed by atoms with E-state index in [4.69, 9.17) is 16.3 Å². The lowest BCUT2D eigenvalue weighted by molar-refractivity contribution is 0.0720. The van der Waals surface area contributed by atoms with E-state index in [0.717, 1.165) is 16.2 Å². The van der Waals surface area contributed by atoms with Gasteiger partial charge in [0.15, 0.2) is 9.99 Å². The third kappa shape index (κ3) is 6.23. The molecular weight excluding hydrogens is 480 g/mol. The normalized spacial score (nSPS) is 18.2. The molecule has 1 saturated heterocycles. The first-order valence-corrected chi connectivity index (χ1v) is 13.2. The summed E-state index contributed by atoms with van der Waals surface area (Å²) in [6.07, 6.45) is 6.25. The summed E-state index contributed by atoms with van der Waals surface area (Å²) < 4.78 is 30.1. The number of hydrogen-bond donors (Lipinski definition) is 1. The van der Waals surface area contributed by atoms with Crippen LogP contribution in [-0.2, 0) is 20.5 Å². The van der Waals surface area contributed by atoms with E-state index in [1.165, 1.54) is 4.31 Å². The first kappa shape index (κ1) is 23.9. The predicted molar refractivity (Wildman–Crippen MR) is 136 cm³/mol. The average Bonchev–Trinajstić information content (AvgIpc) is 2.85. The fraction of sp³-hybridized carbons (Fsp3) is 0.208. The Morgan fingerprint density at radius 2 is 1.67 bits per heavy atom. The lowest BCUT2D eigenvalue weighted by Gasteiger charge is -2.28. The van der Waals surface area contributed by atoms with Gasteiger partial charge in [-0.25, -0.2) is 13.5 Å². The van der Waals surface area contributed by atoms with E-state index in [0.29, 0.717) is 47.5 Å². The minimum Gasteiger partial charge on any atom is -0.379 e. The lowest BCUT2D eigenvalue weighted by atomic mass is 10.1. The second kappa shape index (κ2) is 10.8. The van der Waals surface area contributed by atoms with Crippen molar-refractivity contribution in [3.8, 4) is 0 Å². The highest BCUT2D eigenvalue weighted by atomic mass is 35.5. The second-order valence-corrected chi connectivity index (χ2v) is 10.9. The van der Waals surface area contributed by atoms with E-state index in [2.05, 4.69) is 4.99 Å². The van der Waals surface area contributed by atoms with Crippen LogP contribution in [0.4, 0.5) is 0 Å². The van der Waals surface area contributed by atoms with Crippen molar-refractivity contribution in [2.75, 3.05) is 26.3 Å². The van der Waals surface area contributed by atoms with Crippen LogP contribution >= 0.6 is 23.4 Å². The summed E-state index contributed by atoms with van der Waals surface area (Å²) in [5.41, 5.74) is 2.01. The number of rotatable bonds is 5. The molecule has 2 aliphatic rings. The molecule has 0 aromatic heterocycles. The number of ether oxygens (including phenoxy) is 1. The molecule has 0 spiro atoms. The molecule has 33 heavy (non-hydrogen) atoms. The van der Waals surface area contributed by atoms with E-state index in [1.54, 1.807) is 48.2 Å². The molecule has 4 rings (SSSR count). The summed E-state index contributed by atoms with van der Waals surface area (Å²) in [6, 6.07) is 15.0. The zero-order valence-electron chi connectivity index (χ0n) is 17.7. The first-order valence-electron chi connectivity index (χ1n) is 10.3. The van der Waals surface area contributed by atoms with Crippen LogP contribution in [0.5, 0.6) is 0 Å². The maximum atomic E-state index is 12.8. The van der Waals surface area contributed by atoms with Gasteiger partial charge in [-0.05, 0) is 66.3 Å². The number of nitrogens with zero attached hydrogens (tertiary/aromatic N) is 2. The summed E-state index contributed by atoms with van der Waals surface area (Å²) in [4.78, 5) is 18.1. The summed E-state index contributed by atoms with van der Waals surface area (Å²) >= 11 is 7.60. The number of amides is 1. The molecule has 1 amide bonds. The Bertz CT molecular complexity index is 1200. The van der Waals surface area contributed by atoms with Gasteiger partial charge >= 0.3 is 0 Å². The summed E-state index contributed by atoms with van der Waals surface area (Å²) in [5, 5.41) is 0.711. The molecule has 0 radical (unpaired) electrons. The highest BCUT2D eigenvalue weighted by molar-refractivity contribution is 7.98. The molecule has 1 unspecified atom stereocenters. The average molecular weight is 503 g/mol. The molecule has 1 N–H and O–H groups in total. The summed E-state index contributed by atoms with van der Waals surface area (Å²) in [6.45, 7) is 1.65. The highest BCUT2D eigenvalue weighted by Crippen LogP contribution is 2.24. The molecule has 2 aromatic carbocycles. The number of carbonyl (C=O) groups excluding carboxylic acids is 1. The minimum absolute atomic E-state index is 0.290. The van der Waals surface area contributed by atoms with Crippen LogP contribution in [0.25, 0.3) is 0 Å². The van der Waals surface area contributed by atoms with Gasteiger partial charge in [-0.1, -0.05) is 23.7 Å². The fourth-order valence-electron chi connectivity index (χ4n) is 3.26. The Morgan fingerprint density at radius 1 is 1.03 bits per heavy atom. The van der Waals surface area contributed by atoms with Crippen molar-refractivity contribution < 1.29 is 18.3 Å². The number of halogens is 1. The van der Waals surface area contributed by atoms with E-state index >= 15 is 0 Å². The number of aliphatic imine (C=N–C) groups is 1. The van der Waals surface area contributed by atoms with Crippen LogP contribution in [0, 0.1) is 0 Å². The number of thioether (sulfide) groups is 1. The number of allylic oxidation sites excluding steroid dienone is 4. The molecule has 9 heteroatoms. The van der Waals surface area contributed by atoms with Gasteiger partial charge in [-0.15, -0.1) is 11.8 Å². The number of hydrogen-bond acceptors (Lipinski definition) is 4. The van der Waals surface area contributed by atoms with Gasteiger partial charge in [0.05, 0.1) is 23.8 Å². The lowest BCUT2D eigenvalue weighted by Crippen LogP contribution is -2.42. The monoisotopic (exact) mass is 502 g/mol. The number of carbonyl (C=O) groups is 1. The van der Waals surface area contributed by atoms with Crippen LogP contribution in [-0.4, -0.2) is 55.9 Å². The van der Waals surface area contributed by atoms with Crippen molar-refractivity contribution in [3.63, 3.8) is 0 Å². The Balaban J connectivity index is 1.39. The largest absolute Gasteiger partial charge is 0.379 e. The highest BCUT2D eigenvalue weighted by Gasteiger charge is 2.22. The van der Waals surface area contributed by atoms with E-state index in [1.807, 2.05) is 36.4 Å². The maximum Gasteiger partial charge on any atom is 0.277 e. The fourth-order valence-corrected chi connectivity index (χ4v) is 5.68. The quantitative estimate of drug-likeness (QED) is 0.480. The third-order valence-electron chi connectivity index (χ3n) is 5.11. The van der Waals surface area contributed by atoms with Crippen molar-refractivity contribution in [1.29, 1.82) is 0 Å². The predicted octanol–water partition coefficient (Wildman–Crippen LogP) is 4.52. The number of morpholine rings is 1. The molecule has 6 nitrogen and oxygen atoms in total. The van der Waals surface area contributed by atoms with Gasteiger partial charge < -0.3 is 9.29 Å². The minimum atomic E-state index is -3.32. The topological polar surface area (TPSA) is 79.2 Å². The van der Waals surface area contributed by atoms with Crippen molar-refractivity contribution in [2.45, 2.75) is 10.6 Å². The SMILES string of the molecule is O=C(N=C1C=CC(=S(=O)(O)N2CCOCC2)C=C1)c1ccc(CSc2ccc(Cl)cc2)cc1. The molecule has 1 fully saturated rings. The summed E-state index contributed by atoms with van der Waals surface area (Å²) in [7, 11) is -3.32. The van der Waals surface area contributed by atoms with Crippen molar-refractivity contribution >= 4 is 49.8 Å². The van der Waals surface area contributed by atoms with Crippen LogP contribution in [0.15, 0.2) is 82.7 Å². The Kier molecular flexibility index (Phi) is 7.85. The van der Waals surface area contributed by atoms with Gasteiger partial charge in [0.25, 0.3) is 5.91 Å². The van der Waals surface area contributed by atoms with Crippen LogP contribution in [0.1, 0.15) is 15.9 Å². The Morgan fingerprint density at radius 3 is 2.30 bits per heavy atom. The van der Waals surface area contributed by atoms with E-state index < -0.39 is 9.99 Å². The van der Waals surface area contributed by atoms with Gasteiger partial charge in [-0.3, -0.25) is 4.79 Å². The van der Waals surface area contributed by atoms with E-state index in [9.17, 15) is 13.6 Å². The standard InChI is InChI=1S/C24H23ClN2O4S2/c25-20-5-9-22(10-6-20)32-17-18-1-3-19(4-2-18)24(28)26-21-7-11-23(12-8-21)33(29,30)27-13-15-31-16-14-27/h1-12H,13-17H2,(H,29,30). The molecule has 1 aliphatic carbocycles. The van der Waals surface area contributed by atoms with Crippen LogP contribution in [0.2, 0.25) is 5.02 Å². The summed E-state index contributed by atoms with van der Waals surface area (Å²) in [5.74, 6) is 0.413. The number of benzene rings is 2. The van der Waals surface area contributed by atoms with E-state index in [-0.39, 0.29) is 5.91 Å². The van der Waals surface area contributed by atoms with Gasteiger partial charge in [0.1, 0.15) is 0 Å². The Labute approximate surface area is 203 Å². The van der Waals surface area contributed by atoms with Crippen molar-refractivity contribution in [1.82, 2.24) is 4.31 Å². The van der Waals surface area contributed by atoms with Crippen molar-refractivity contribution in [2.24, 2.45) is 4.99 Å². The molecule has 2 aromatic rings. The van der Waals surface area contributed by atoms with Gasteiger partial charge in [0, 0.05) is 34.3 Å². The second-order valence-electron chi connectivity index (χ2n) is 7.39. The molecule has 0 saturated carbocycles. The molecule has 1 heterocycles. The van der Waals surface area contributed by atoms with Gasteiger partial charge in [0.2, 0.25) is 0 Å². The maximum absolute atomic E-state index is 12.8. The smallest absolute Gasteiger partial charge is 0.277 e. The first-order chi connectivity index (χ1) is 15.9. The van der Waals surface area contributed by atoms with Gasteiger partial charge in [-0.2, -0.15) is 0 Å². The van der Waals surface area contributed by atoms with Crippen molar-refractivity contribution in [3.05, 3.63) is 89.0 Å². The molecule has 172 valence electrons. The van der Waals surface area contributed by atoms with Crippen LogP contribution < -0.4 is 0 Å². The molecule has 1 aliphatic heterocycles.